The lowest BCUT2D eigenvalue weighted by Gasteiger charge is -2.11. The molecule has 0 aromatic heterocycles. The number of ether oxygens (including phenoxy) is 1. The summed E-state index contributed by atoms with van der Waals surface area (Å²) >= 11 is 5.89. The van der Waals surface area contributed by atoms with E-state index in [2.05, 4.69) is 0 Å². The van der Waals surface area contributed by atoms with Crippen LogP contribution in [0.1, 0.15) is 11.1 Å². The van der Waals surface area contributed by atoms with Crippen molar-refractivity contribution in [1.29, 1.82) is 0 Å². The normalized spacial score (nSPS) is 10.3. The van der Waals surface area contributed by atoms with Gasteiger partial charge in [0.1, 0.15) is 18.1 Å². The molecule has 0 aliphatic rings. The number of hydrogen-bond acceptors (Lipinski definition) is 3. The van der Waals surface area contributed by atoms with Gasteiger partial charge in [0.15, 0.2) is 0 Å². The Bertz CT molecular complexity index is 543. The first-order valence-electron chi connectivity index (χ1n) is 5.58. The van der Waals surface area contributed by atoms with Crippen LogP contribution in [-0.4, -0.2) is 5.11 Å². The fraction of sp³-hybridized carbons (Fsp3) is 0.143. The average Bonchev–Trinajstić information content (AvgIpc) is 2.37. The zero-order valence-corrected chi connectivity index (χ0v) is 10.5. The monoisotopic (exact) mass is 263 g/mol. The van der Waals surface area contributed by atoms with Crippen LogP contribution in [-0.2, 0) is 13.2 Å². The Morgan fingerprint density at radius 3 is 2.72 bits per heavy atom. The number of aromatic hydroxyl groups is 1. The van der Waals surface area contributed by atoms with Gasteiger partial charge < -0.3 is 15.6 Å². The van der Waals surface area contributed by atoms with Gasteiger partial charge in [0.05, 0.1) is 0 Å². The minimum Gasteiger partial charge on any atom is -0.508 e. The number of nitrogens with two attached hydrogens (primary N) is 1. The SMILES string of the molecule is NCc1cc(Cl)ccc1OCc1cccc(O)c1. The maximum atomic E-state index is 9.35. The van der Waals surface area contributed by atoms with Crippen molar-refractivity contribution >= 4 is 11.6 Å². The van der Waals surface area contributed by atoms with Crippen LogP contribution >= 0.6 is 11.6 Å². The van der Waals surface area contributed by atoms with Crippen LogP contribution in [0, 0.1) is 0 Å². The Hall–Kier alpha value is -1.71. The number of phenolic OH excluding ortho intramolecular Hbond substituents is 1. The Morgan fingerprint density at radius 2 is 2.00 bits per heavy atom. The second kappa shape index (κ2) is 5.76. The van der Waals surface area contributed by atoms with Crippen molar-refractivity contribution in [1.82, 2.24) is 0 Å². The van der Waals surface area contributed by atoms with Crippen LogP contribution in [0.3, 0.4) is 0 Å². The highest BCUT2D eigenvalue weighted by atomic mass is 35.5. The predicted octanol–water partition coefficient (Wildman–Crippen LogP) is 3.08. The summed E-state index contributed by atoms with van der Waals surface area (Å²) in [7, 11) is 0. The molecule has 0 aliphatic carbocycles. The molecule has 0 fully saturated rings. The molecule has 0 aliphatic heterocycles. The average molecular weight is 264 g/mol. The van der Waals surface area contributed by atoms with Crippen molar-refractivity contribution in [2.24, 2.45) is 5.73 Å². The van der Waals surface area contributed by atoms with Gasteiger partial charge >= 0.3 is 0 Å². The smallest absolute Gasteiger partial charge is 0.124 e. The topological polar surface area (TPSA) is 55.5 Å². The molecule has 0 unspecified atom stereocenters. The quantitative estimate of drug-likeness (QED) is 0.891. The molecule has 0 saturated heterocycles. The Kier molecular flexibility index (Phi) is 4.07. The lowest BCUT2D eigenvalue weighted by atomic mass is 10.2. The summed E-state index contributed by atoms with van der Waals surface area (Å²) < 4.78 is 5.67. The molecular weight excluding hydrogens is 250 g/mol. The molecule has 2 aromatic rings. The Balaban J connectivity index is 2.10. The van der Waals surface area contributed by atoms with Gasteiger partial charge in [-0.3, -0.25) is 0 Å². The van der Waals surface area contributed by atoms with E-state index in [1.807, 2.05) is 6.07 Å². The molecule has 2 rings (SSSR count). The first-order valence-corrected chi connectivity index (χ1v) is 5.96. The highest BCUT2D eigenvalue weighted by molar-refractivity contribution is 6.30. The second-order valence-corrected chi connectivity index (χ2v) is 4.35. The predicted molar refractivity (Wildman–Crippen MR) is 71.8 cm³/mol. The lowest BCUT2D eigenvalue weighted by molar-refractivity contribution is 0.302. The molecule has 0 bridgehead atoms. The molecule has 18 heavy (non-hydrogen) atoms. The second-order valence-electron chi connectivity index (χ2n) is 3.91. The number of phenols is 1. The molecule has 2 aromatic carbocycles. The van der Waals surface area contributed by atoms with Crippen LogP contribution < -0.4 is 10.5 Å². The van der Waals surface area contributed by atoms with Gasteiger partial charge in [0, 0.05) is 17.1 Å². The van der Waals surface area contributed by atoms with E-state index in [-0.39, 0.29) is 5.75 Å². The maximum absolute atomic E-state index is 9.35. The van der Waals surface area contributed by atoms with Crippen molar-refractivity contribution in [3.63, 3.8) is 0 Å². The molecule has 0 heterocycles. The molecule has 0 atom stereocenters. The van der Waals surface area contributed by atoms with E-state index in [1.54, 1.807) is 36.4 Å². The van der Waals surface area contributed by atoms with Gasteiger partial charge in [-0.1, -0.05) is 23.7 Å². The molecule has 0 spiro atoms. The van der Waals surface area contributed by atoms with Crippen LogP contribution in [0.15, 0.2) is 42.5 Å². The molecule has 94 valence electrons. The van der Waals surface area contributed by atoms with Gasteiger partial charge in [-0.2, -0.15) is 0 Å². The van der Waals surface area contributed by atoms with Crippen LogP contribution in [0.2, 0.25) is 5.02 Å². The molecule has 0 amide bonds. The van der Waals surface area contributed by atoms with Crippen LogP contribution in [0.25, 0.3) is 0 Å². The minimum absolute atomic E-state index is 0.228. The number of hydrogen-bond donors (Lipinski definition) is 2. The summed E-state index contributed by atoms with van der Waals surface area (Å²) in [6.45, 7) is 0.749. The number of halogens is 1. The van der Waals surface area contributed by atoms with Gasteiger partial charge in [-0.25, -0.2) is 0 Å². The van der Waals surface area contributed by atoms with Crippen LogP contribution in [0.5, 0.6) is 11.5 Å². The van der Waals surface area contributed by atoms with Crippen molar-refractivity contribution in [2.75, 3.05) is 0 Å². The summed E-state index contributed by atoms with van der Waals surface area (Å²) in [6, 6.07) is 12.3. The van der Waals surface area contributed by atoms with E-state index >= 15 is 0 Å². The highest BCUT2D eigenvalue weighted by Crippen LogP contribution is 2.23. The first-order chi connectivity index (χ1) is 8.69. The minimum atomic E-state index is 0.228. The van der Waals surface area contributed by atoms with E-state index in [0.717, 1.165) is 11.1 Å². The zero-order valence-electron chi connectivity index (χ0n) is 9.77. The van der Waals surface area contributed by atoms with E-state index in [1.165, 1.54) is 0 Å². The summed E-state index contributed by atoms with van der Waals surface area (Å²) in [5.74, 6) is 0.941. The third-order valence-electron chi connectivity index (χ3n) is 2.55. The Morgan fingerprint density at radius 1 is 1.17 bits per heavy atom. The third-order valence-corrected chi connectivity index (χ3v) is 2.78. The van der Waals surface area contributed by atoms with Gasteiger partial charge in [-0.05, 0) is 35.9 Å². The summed E-state index contributed by atoms with van der Waals surface area (Å²) in [4.78, 5) is 0. The molecule has 3 N–H and O–H groups in total. The third kappa shape index (κ3) is 3.15. The standard InChI is InChI=1S/C14H14ClNO2/c15-12-4-5-14(11(7-12)8-16)18-9-10-2-1-3-13(17)6-10/h1-7,17H,8-9,16H2. The molecule has 3 nitrogen and oxygen atoms in total. The summed E-state index contributed by atoms with van der Waals surface area (Å²) in [5.41, 5.74) is 7.39. The van der Waals surface area contributed by atoms with Crippen molar-refractivity contribution in [3.8, 4) is 11.5 Å². The largest absolute Gasteiger partial charge is 0.508 e. The molecular formula is C14H14ClNO2. The first kappa shape index (κ1) is 12.7. The van der Waals surface area contributed by atoms with Crippen molar-refractivity contribution in [2.45, 2.75) is 13.2 Å². The number of benzene rings is 2. The maximum Gasteiger partial charge on any atom is 0.124 e. The lowest BCUT2D eigenvalue weighted by Crippen LogP contribution is -2.02. The van der Waals surface area contributed by atoms with Gasteiger partial charge in [-0.15, -0.1) is 0 Å². The molecule has 0 saturated carbocycles. The molecule has 0 radical (unpaired) electrons. The van der Waals surface area contributed by atoms with Gasteiger partial charge in [0.2, 0.25) is 0 Å². The van der Waals surface area contributed by atoms with Gasteiger partial charge in [0.25, 0.3) is 0 Å². The van der Waals surface area contributed by atoms with Crippen molar-refractivity contribution < 1.29 is 9.84 Å². The Labute approximate surface area is 111 Å². The van der Waals surface area contributed by atoms with Crippen molar-refractivity contribution in [3.05, 3.63) is 58.6 Å². The fourth-order valence-corrected chi connectivity index (χ4v) is 1.85. The highest BCUT2D eigenvalue weighted by Gasteiger charge is 2.04. The fourth-order valence-electron chi connectivity index (χ4n) is 1.66. The van der Waals surface area contributed by atoms with E-state index in [9.17, 15) is 5.11 Å². The number of rotatable bonds is 4. The summed E-state index contributed by atoms with van der Waals surface area (Å²) in [6.07, 6.45) is 0. The van der Waals surface area contributed by atoms with Crippen LogP contribution in [0.4, 0.5) is 0 Å². The van der Waals surface area contributed by atoms with E-state index in [4.69, 9.17) is 22.1 Å². The summed E-state index contributed by atoms with van der Waals surface area (Å²) in [5, 5.41) is 9.99. The molecule has 4 heteroatoms. The van der Waals surface area contributed by atoms with E-state index < -0.39 is 0 Å². The van der Waals surface area contributed by atoms with E-state index in [0.29, 0.717) is 23.9 Å². The zero-order chi connectivity index (χ0) is 13.0.